The normalized spacial score (nSPS) is 18.3. The highest BCUT2D eigenvalue weighted by atomic mass is 16.7. The van der Waals surface area contributed by atoms with Crippen molar-refractivity contribution in [3.8, 4) is 0 Å². The number of nitrogens with one attached hydrogen (secondary N) is 1. The van der Waals surface area contributed by atoms with Crippen LogP contribution in [-0.2, 0) is 14.3 Å². The minimum absolute atomic E-state index is 0.132. The fraction of sp³-hybridized carbons (Fsp3) is 0.958. The molecule has 482 valence electrons. The minimum Gasteiger partial charge on any atom is -0.394 e. The number of aliphatic hydroxyl groups is 5. The average Bonchev–Trinajstić information content (AvgIpc) is 3.49. The zero-order valence-electron chi connectivity index (χ0n) is 54.1. The molecule has 0 bridgehead atoms. The van der Waals surface area contributed by atoms with Gasteiger partial charge in [0.25, 0.3) is 0 Å². The second kappa shape index (κ2) is 62.0. The predicted octanol–water partition coefficient (Wildman–Crippen LogP) is 19.9. The highest BCUT2D eigenvalue weighted by Gasteiger charge is 2.44. The Kier molecular flexibility index (Phi) is 59.7. The van der Waals surface area contributed by atoms with E-state index < -0.39 is 49.5 Å². The molecule has 0 spiro atoms. The molecule has 0 saturated carbocycles. The summed E-state index contributed by atoms with van der Waals surface area (Å²) in [6.07, 6.45) is 73.0. The van der Waals surface area contributed by atoms with E-state index in [0.717, 1.165) is 38.5 Å². The smallest absolute Gasteiger partial charge is 0.220 e. The molecule has 1 heterocycles. The van der Waals surface area contributed by atoms with Gasteiger partial charge in [-0.3, -0.25) is 4.79 Å². The average molecular weight is 1150 g/mol. The van der Waals surface area contributed by atoms with Gasteiger partial charge in [0.1, 0.15) is 24.4 Å². The number of unbranched alkanes of at least 4 members (excludes halogenated alkanes) is 53. The van der Waals surface area contributed by atoms with Crippen molar-refractivity contribution in [2.45, 2.75) is 429 Å². The summed E-state index contributed by atoms with van der Waals surface area (Å²) >= 11 is 0. The Morgan fingerprint density at radius 1 is 0.407 bits per heavy atom. The Labute approximate surface area is 503 Å². The highest BCUT2D eigenvalue weighted by Crippen LogP contribution is 2.24. The number of amides is 1. The lowest BCUT2D eigenvalue weighted by atomic mass is 9.99. The van der Waals surface area contributed by atoms with Crippen molar-refractivity contribution in [2.75, 3.05) is 13.2 Å². The molecule has 1 aliphatic heterocycles. The van der Waals surface area contributed by atoms with Crippen LogP contribution in [0, 0.1) is 0 Å². The molecule has 1 aliphatic rings. The van der Waals surface area contributed by atoms with E-state index >= 15 is 0 Å². The number of ether oxygens (including phenoxy) is 2. The lowest BCUT2D eigenvalue weighted by Crippen LogP contribution is -2.60. The molecule has 1 saturated heterocycles. The van der Waals surface area contributed by atoms with Gasteiger partial charge in [-0.1, -0.05) is 353 Å². The molecule has 9 nitrogen and oxygen atoms in total. The monoisotopic (exact) mass is 1150 g/mol. The molecule has 9 heteroatoms. The third-order valence-corrected chi connectivity index (χ3v) is 17.9. The van der Waals surface area contributed by atoms with Crippen molar-refractivity contribution in [2.24, 2.45) is 0 Å². The van der Waals surface area contributed by atoms with Crippen LogP contribution < -0.4 is 5.32 Å². The van der Waals surface area contributed by atoms with Crippen molar-refractivity contribution in [1.29, 1.82) is 0 Å². The lowest BCUT2D eigenvalue weighted by Gasteiger charge is -2.40. The van der Waals surface area contributed by atoms with E-state index in [-0.39, 0.29) is 12.5 Å². The van der Waals surface area contributed by atoms with Gasteiger partial charge >= 0.3 is 0 Å². The van der Waals surface area contributed by atoms with Crippen molar-refractivity contribution in [3.63, 3.8) is 0 Å². The maximum absolute atomic E-state index is 13.1. The molecule has 1 fully saturated rings. The van der Waals surface area contributed by atoms with Crippen molar-refractivity contribution >= 4 is 5.91 Å². The largest absolute Gasteiger partial charge is 0.394 e. The van der Waals surface area contributed by atoms with Gasteiger partial charge in [0.15, 0.2) is 6.29 Å². The summed E-state index contributed by atoms with van der Waals surface area (Å²) in [6.45, 7) is 3.90. The number of hydrogen-bond acceptors (Lipinski definition) is 8. The molecule has 0 radical (unpaired) electrons. The zero-order valence-corrected chi connectivity index (χ0v) is 54.1. The van der Waals surface area contributed by atoms with Crippen molar-refractivity contribution in [3.05, 3.63) is 12.2 Å². The molecular weight excluding hydrogens is 1010 g/mol. The van der Waals surface area contributed by atoms with Crippen LogP contribution in [0.1, 0.15) is 386 Å². The molecular formula is C72H141NO8. The van der Waals surface area contributed by atoms with Crippen LogP contribution >= 0.6 is 0 Å². The van der Waals surface area contributed by atoms with Crippen molar-refractivity contribution < 1.29 is 39.8 Å². The first-order chi connectivity index (χ1) is 39.8. The van der Waals surface area contributed by atoms with Gasteiger partial charge in [-0.15, -0.1) is 0 Å². The van der Waals surface area contributed by atoms with Crippen LogP contribution in [0.3, 0.4) is 0 Å². The fourth-order valence-electron chi connectivity index (χ4n) is 12.2. The predicted molar refractivity (Wildman–Crippen MR) is 346 cm³/mol. The van der Waals surface area contributed by atoms with E-state index in [2.05, 4.69) is 31.3 Å². The van der Waals surface area contributed by atoms with Gasteiger partial charge in [-0.2, -0.15) is 0 Å². The standard InChI is InChI=1S/C72H141NO8/c1-3-5-7-9-11-13-15-17-19-21-23-25-26-27-28-29-30-31-32-33-34-35-36-37-38-39-40-42-44-46-48-50-52-54-56-58-60-62-68(76)73-65(64-80-72-71(79)70(78)69(77)67(63-74)81-72)66(75)61-59-57-55-53-51-49-47-45-43-41-24-22-20-18-16-14-12-10-8-6-4-2/h31-32,65-67,69-72,74-75,77-79H,3-30,33-64H2,1-2H3,(H,73,76)/b32-31-. The van der Waals surface area contributed by atoms with E-state index in [1.165, 1.54) is 321 Å². The van der Waals surface area contributed by atoms with Crippen molar-refractivity contribution in [1.82, 2.24) is 5.32 Å². The quantitative estimate of drug-likeness (QED) is 0.0261. The molecule has 1 amide bonds. The Hall–Kier alpha value is -1.07. The fourth-order valence-corrected chi connectivity index (χ4v) is 12.2. The van der Waals surface area contributed by atoms with Crippen LogP contribution in [0.4, 0.5) is 0 Å². The first-order valence-electron chi connectivity index (χ1n) is 36.4. The number of carbonyl (C=O) groups excluding carboxylic acids is 1. The summed E-state index contributed by atoms with van der Waals surface area (Å²) in [4.78, 5) is 13.1. The molecule has 1 rings (SSSR count). The van der Waals surface area contributed by atoms with E-state index in [9.17, 15) is 30.3 Å². The third-order valence-electron chi connectivity index (χ3n) is 17.9. The van der Waals surface area contributed by atoms with E-state index in [0.29, 0.717) is 12.8 Å². The Morgan fingerprint density at radius 2 is 0.691 bits per heavy atom. The SMILES string of the molecule is CCCCCCCCCCCCCCCCCC/C=C\CCCCCCCCCCCCCCCCCCCC(=O)NC(COC1OC(CO)C(O)C(O)C1O)C(O)CCCCCCCCCCCCCCCCCCCCCCC. The summed E-state index contributed by atoms with van der Waals surface area (Å²) in [7, 11) is 0. The van der Waals surface area contributed by atoms with Crippen LogP contribution in [0.5, 0.6) is 0 Å². The number of aliphatic hydroxyl groups excluding tert-OH is 5. The molecule has 0 aromatic heterocycles. The first-order valence-corrected chi connectivity index (χ1v) is 36.4. The van der Waals surface area contributed by atoms with Gasteiger partial charge in [-0.25, -0.2) is 0 Å². The van der Waals surface area contributed by atoms with E-state index in [4.69, 9.17) is 9.47 Å². The number of allylic oxidation sites excluding steroid dienone is 2. The highest BCUT2D eigenvalue weighted by molar-refractivity contribution is 5.76. The molecule has 7 atom stereocenters. The van der Waals surface area contributed by atoms with E-state index in [1.807, 2.05) is 0 Å². The summed E-state index contributed by atoms with van der Waals surface area (Å²) in [5.74, 6) is -0.135. The van der Waals surface area contributed by atoms with Gasteiger partial charge in [0, 0.05) is 6.42 Å². The molecule has 81 heavy (non-hydrogen) atoms. The summed E-state index contributed by atoms with van der Waals surface area (Å²) in [5, 5.41) is 54.9. The maximum atomic E-state index is 13.1. The number of hydrogen-bond donors (Lipinski definition) is 6. The molecule has 0 aliphatic carbocycles. The maximum Gasteiger partial charge on any atom is 0.220 e. The molecule has 7 unspecified atom stereocenters. The lowest BCUT2D eigenvalue weighted by molar-refractivity contribution is -0.302. The van der Waals surface area contributed by atoms with Crippen LogP contribution in [0.2, 0.25) is 0 Å². The molecule has 6 N–H and O–H groups in total. The van der Waals surface area contributed by atoms with Gasteiger partial charge < -0.3 is 40.3 Å². The van der Waals surface area contributed by atoms with Gasteiger partial charge in [-0.05, 0) is 38.5 Å². The Morgan fingerprint density at radius 3 is 1.00 bits per heavy atom. The van der Waals surface area contributed by atoms with Crippen LogP contribution in [0.25, 0.3) is 0 Å². The molecule has 0 aromatic carbocycles. The zero-order chi connectivity index (χ0) is 58.6. The van der Waals surface area contributed by atoms with Crippen LogP contribution in [-0.4, -0.2) is 87.5 Å². The molecule has 0 aromatic rings. The second-order valence-electron chi connectivity index (χ2n) is 25.7. The Bertz CT molecular complexity index is 1280. The topological polar surface area (TPSA) is 149 Å². The third kappa shape index (κ3) is 50.8. The van der Waals surface area contributed by atoms with E-state index in [1.54, 1.807) is 0 Å². The summed E-state index contributed by atoms with van der Waals surface area (Å²) in [6, 6.07) is -0.717. The first kappa shape index (κ1) is 77.9. The minimum atomic E-state index is -1.55. The summed E-state index contributed by atoms with van der Waals surface area (Å²) < 4.78 is 11.4. The van der Waals surface area contributed by atoms with Gasteiger partial charge in [0.05, 0.1) is 25.4 Å². The number of carbonyl (C=O) groups is 1. The second-order valence-corrected chi connectivity index (χ2v) is 25.7. The van der Waals surface area contributed by atoms with Crippen LogP contribution in [0.15, 0.2) is 12.2 Å². The van der Waals surface area contributed by atoms with Gasteiger partial charge in [0.2, 0.25) is 5.91 Å². The summed E-state index contributed by atoms with van der Waals surface area (Å²) in [5.41, 5.74) is 0. The number of rotatable bonds is 65. The Balaban J connectivity index is 2.05.